The van der Waals surface area contributed by atoms with Gasteiger partial charge in [0.1, 0.15) is 6.54 Å². The molecule has 136 valence electrons. The molecule has 27 heavy (non-hydrogen) atoms. The van der Waals surface area contributed by atoms with Crippen LogP contribution in [0.3, 0.4) is 0 Å². The minimum absolute atomic E-state index is 0.147. The second-order valence-electron chi connectivity index (χ2n) is 7.36. The Morgan fingerprint density at radius 3 is 2.48 bits per heavy atom. The molecule has 2 aliphatic carbocycles. The summed E-state index contributed by atoms with van der Waals surface area (Å²) in [6.45, 7) is -0.172. The molecule has 7 heteroatoms. The van der Waals surface area contributed by atoms with Crippen molar-refractivity contribution in [2.24, 2.45) is 28.8 Å². The molecule has 2 heterocycles. The van der Waals surface area contributed by atoms with Crippen LogP contribution in [-0.4, -0.2) is 38.7 Å². The first-order chi connectivity index (χ1) is 13.0. The van der Waals surface area contributed by atoms with Crippen LogP contribution in [0.15, 0.2) is 47.7 Å². The number of aromatic nitrogens is 1. The summed E-state index contributed by atoms with van der Waals surface area (Å²) in [6, 6.07) is 7.38. The van der Waals surface area contributed by atoms with E-state index in [1.165, 1.54) is 6.21 Å². The number of carbonyl (C=O) groups excluding carboxylic acids is 2. The van der Waals surface area contributed by atoms with Gasteiger partial charge in [-0.25, -0.2) is 0 Å². The van der Waals surface area contributed by atoms with E-state index in [-0.39, 0.29) is 42.0 Å². The topological polar surface area (TPSA) is 92.0 Å². The van der Waals surface area contributed by atoms with Gasteiger partial charge >= 0.3 is 5.97 Å². The standard InChI is InChI=1S/C20H17N3O4/c24-16(25)10-22-9-13(14-3-1-2-4-15(14)22)8-21-23-19(26)17-11-5-6-12(7-11)18(17)20(23)27/h1-6,8-9,11-12,17-18H,7,10H2,(H,24,25)/t11-,12-,17-,18+/m0/s1. The van der Waals surface area contributed by atoms with Crippen molar-refractivity contribution in [3.05, 3.63) is 48.2 Å². The second kappa shape index (κ2) is 5.64. The number of imide groups is 1. The highest BCUT2D eigenvalue weighted by Crippen LogP contribution is 2.52. The predicted molar refractivity (Wildman–Crippen MR) is 96.7 cm³/mol. The number of fused-ring (bicyclic) bond motifs is 6. The average molecular weight is 363 g/mol. The molecule has 2 aromatic rings. The normalized spacial score (nSPS) is 28.8. The molecule has 2 fully saturated rings. The first kappa shape index (κ1) is 16.0. The Morgan fingerprint density at radius 1 is 1.15 bits per heavy atom. The van der Waals surface area contributed by atoms with Crippen LogP contribution in [0.2, 0.25) is 0 Å². The largest absolute Gasteiger partial charge is 0.480 e. The number of carboxylic acids is 1. The summed E-state index contributed by atoms with van der Waals surface area (Å²) in [7, 11) is 0. The van der Waals surface area contributed by atoms with E-state index in [1.807, 2.05) is 36.4 Å². The van der Waals surface area contributed by atoms with Crippen LogP contribution >= 0.6 is 0 Å². The fourth-order valence-corrected chi connectivity index (χ4v) is 4.77. The Kier molecular flexibility index (Phi) is 3.34. The molecule has 5 rings (SSSR count). The van der Waals surface area contributed by atoms with Crippen LogP contribution in [0.25, 0.3) is 10.9 Å². The summed E-state index contributed by atoms with van der Waals surface area (Å²) in [5, 5.41) is 15.1. The Labute approximate surface area is 154 Å². The zero-order chi connectivity index (χ0) is 18.7. The number of rotatable bonds is 4. The van der Waals surface area contributed by atoms with E-state index in [0.29, 0.717) is 5.56 Å². The first-order valence-corrected chi connectivity index (χ1v) is 8.94. The van der Waals surface area contributed by atoms with Crippen LogP contribution in [0.1, 0.15) is 12.0 Å². The molecule has 0 unspecified atom stereocenters. The van der Waals surface area contributed by atoms with E-state index in [0.717, 1.165) is 22.3 Å². The Balaban J connectivity index is 1.47. The summed E-state index contributed by atoms with van der Waals surface area (Å²) < 4.78 is 1.62. The van der Waals surface area contributed by atoms with Crippen molar-refractivity contribution in [1.29, 1.82) is 0 Å². The summed E-state index contributed by atoms with van der Waals surface area (Å²) in [6.07, 6.45) is 8.13. The summed E-state index contributed by atoms with van der Waals surface area (Å²) in [5.74, 6) is -1.67. The number of amides is 2. The molecule has 7 nitrogen and oxygen atoms in total. The van der Waals surface area contributed by atoms with Gasteiger partial charge in [0.2, 0.25) is 0 Å². The third-order valence-corrected chi connectivity index (χ3v) is 5.88. The van der Waals surface area contributed by atoms with Crippen molar-refractivity contribution in [1.82, 2.24) is 9.58 Å². The highest BCUT2D eigenvalue weighted by Gasteiger charge is 2.59. The van der Waals surface area contributed by atoms with Crippen LogP contribution in [0.5, 0.6) is 0 Å². The molecule has 2 bridgehead atoms. The van der Waals surface area contributed by atoms with Gasteiger partial charge in [-0.2, -0.15) is 10.1 Å². The van der Waals surface area contributed by atoms with Gasteiger partial charge in [0.15, 0.2) is 0 Å². The third kappa shape index (κ3) is 2.27. The van der Waals surface area contributed by atoms with Crippen LogP contribution in [0, 0.1) is 23.7 Å². The molecular weight excluding hydrogens is 346 g/mol. The van der Waals surface area contributed by atoms with Crippen molar-refractivity contribution < 1.29 is 19.5 Å². The number of benzene rings is 1. The van der Waals surface area contributed by atoms with E-state index >= 15 is 0 Å². The Hall–Kier alpha value is -3.22. The predicted octanol–water partition coefficient (Wildman–Crippen LogP) is 1.87. The SMILES string of the molecule is O=C(O)Cn1cc(C=NN2C(=O)[C@@H]3[C@H](C2=O)[C@H]2C=C[C@H]3C2)c2ccccc21. The van der Waals surface area contributed by atoms with Gasteiger partial charge < -0.3 is 9.67 Å². The number of para-hydroxylation sites is 1. The minimum Gasteiger partial charge on any atom is -0.480 e. The fourth-order valence-electron chi connectivity index (χ4n) is 4.77. The van der Waals surface area contributed by atoms with Gasteiger partial charge in [-0.05, 0) is 24.3 Å². The van der Waals surface area contributed by atoms with E-state index in [9.17, 15) is 14.4 Å². The molecule has 1 aromatic heterocycles. The monoisotopic (exact) mass is 363 g/mol. The third-order valence-electron chi connectivity index (χ3n) is 5.88. The Morgan fingerprint density at radius 2 is 1.81 bits per heavy atom. The molecule has 0 radical (unpaired) electrons. The average Bonchev–Trinajstić information content (AvgIpc) is 3.38. The van der Waals surface area contributed by atoms with Gasteiger partial charge in [-0.1, -0.05) is 30.4 Å². The van der Waals surface area contributed by atoms with E-state index in [2.05, 4.69) is 5.10 Å². The summed E-state index contributed by atoms with van der Waals surface area (Å²) in [4.78, 5) is 36.5. The number of hydrazone groups is 1. The molecular formula is C20H17N3O4. The number of hydrogen-bond acceptors (Lipinski definition) is 4. The van der Waals surface area contributed by atoms with Crippen molar-refractivity contribution in [3.8, 4) is 0 Å². The van der Waals surface area contributed by atoms with Crippen LogP contribution in [0.4, 0.5) is 0 Å². The lowest BCUT2D eigenvalue weighted by molar-refractivity contribution is -0.141. The molecule has 4 atom stereocenters. The number of nitrogens with zero attached hydrogens (tertiary/aromatic N) is 3. The van der Waals surface area contributed by atoms with Crippen molar-refractivity contribution in [3.63, 3.8) is 0 Å². The summed E-state index contributed by atoms with van der Waals surface area (Å²) >= 11 is 0. The van der Waals surface area contributed by atoms with Crippen LogP contribution < -0.4 is 0 Å². The molecule has 3 aliphatic rings. The number of carbonyl (C=O) groups is 3. The maximum absolute atomic E-state index is 12.7. The molecule has 1 aromatic carbocycles. The van der Waals surface area contributed by atoms with Crippen LogP contribution in [-0.2, 0) is 20.9 Å². The summed E-state index contributed by atoms with van der Waals surface area (Å²) in [5.41, 5.74) is 1.44. The molecule has 1 N–H and O–H groups in total. The molecule has 1 aliphatic heterocycles. The fraction of sp³-hybridized carbons (Fsp3) is 0.300. The first-order valence-electron chi connectivity index (χ1n) is 8.94. The lowest BCUT2D eigenvalue weighted by atomic mass is 9.85. The Bertz CT molecular complexity index is 1020. The van der Waals surface area contributed by atoms with E-state index in [1.54, 1.807) is 10.8 Å². The second-order valence-corrected chi connectivity index (χ2v) is 7.36. The van der Waals surface area contributed by atoms with E-state index in [4.69, 9.17) is 5.11 Å². The maximum atomic E-state index is 12.7. The van der Waals surface area contributed by atoms with Gasteiger partial charge in [0, 0.05) is 22.7 Å². The van der Waals surface area contributed by atoms with E-state index < -0.39 is 5.97 Å². The van der Waals surface area contributed by atoms with Crippen molar-refractivity contribution in [2.75, 3.05) is 0 Å². The zero-order valence-corrected chi connectivity index (χ0v) is 14.4. The van der Waals surface area contributed by atoms with Gasteiger partial charge in [-0.15, -0.1) is 0 Å². The maximum Gasteiger partial charge on any atom is 0.323 e. The van der Waals surface area contributed by atoms with Gasteiger partial charge in [-0.3, -0.25) is 14.4 Å². The van der Waals surface area contributed by atoms with Crippen molar-refractivity contribution in [2.45, 2.75) is 13.0 Å². The zero-order valence-electron chi connectivity index (χ0n) is 14.4. The molecule has 2 amide bonds. The van der Waals surface area contributed by atoms with Gasteiger partial charge in [0.25, 0.3) is 11.8 Å². The molecule has 1 saturated heterocycles. The number of carboxylic acid groups (broad SMARTS) is 1. The number of hydrogen-bond donors (Lipinski definition) is 1. The highest BCUT2D eigenvalue weighted by atomic mass is 16.4. The lowest BCUT2D eigenvalue weighted by Gasteiger charge is -2.13. The smallest absolute Gasteiger partial charge is 0.323 e. The number of allylic oxidation sites excluding steroid dienone is 2. The molecule has 1 saturated carbocycles. The molecule has 0 spiro atoms. The highest BCUT2D eigenvalue weighted by molar-refractivity contribution is 6.07. The quantitative estimate of drug-likeness (QED) is 0.510. The van der Waals surface area contributed by atoms with Gasteiger partial charge in [0.05, 0.1) is 18.1 Å². The minimum atomic E-state index is -0.944. The number of aliphatic carboxylic acids is 1. The lowest BCUT2D eigenvalue weighted by Crippen LogP contribution is -2.28. The van der Waals surface area contributed by atoms with Crippen molar-refractivity contribution >= 4 is 34.9 Å².